The van der Waals surface area contributed by atoms with Crippen LogP contribution in [0.3, 0.4) is 0 Å². The molecule has 8 saturated carbocycles. The molecule has 8 fully saturated rings. The highest BCUT2D eigenvalue weighted by Crippen LogP contribution is 2.78. The number of hydrogen-bond acceptors (Lipinski definition) is 3. The lowest BCUT2D eigenvalue weighted by molar-refractivity contribution is -0.238. The molecule has 9 aliphatic carbocycles. The highest BCUT2D eigenvalue weighted by atomic mass is 16.5. The molecule has 0 bridgehead atoms. The molecule has 338 valence electrons. The molecule has 3 heteroatoms. The van der Waals surface area contributed by atoms with Crippen LogP contribution in [-0.4, -0.2) is 17.9 Å². The molecule has 60 heavy (non-hydrogen) atoms. The summed E-state index contributed by atoms with van der Waals surface area (Å²) in [4.78, 5) is 28.6. The Kier molecular flexibility index (Phi) is 11.0. The van der Waals surface area contributed by atoms with Crippen molar-refractivity contribution in [1.29, 1.82) is 0 Å². The average molecular weight is 825 g/mol. The first kappa shape index (κ1) is 44.1. The second kappa shape index (κ2) is 15.0. The number of Topliss-reactive ketones (excluding diaryl/α,β-unsaturated/α-hetero) is 1. The predicted molar refractivity (Wildman–Crippen MR) is 247 cm³/mol. The summed E-state index contributed by atoms with van der Waals surface area (Å²) in [6, 6.07) is 0. The average Bonchev–Trinajstić information content (AvgIpc) is 3.76. The van der Waals surface area contributed by atoms with Gasteiger partial charge in [0.2, 0.25) is 0 Å². The van der Waals surface area contributed by atoms with Gasteiger partial charge in [-0.15, -0.1) is 0 Å². The second-order valence-corrected chi connectivity index (χ2v) is 27.0. The Morgan fingerprint density at radius 1 is 0.700 bits per heavy atom. The van der Waals surface area contributed by atoms with Crippen LogP contribution >= 0.6 is 0 Å². The predicted octanol–water partition coefficient (Wildman–Crippen LogP) is 15.2. The number of allylic oxidation sites excluding steroid dienone is 1. The molecule has 0 saturated heterocycles. The summed E-state index contributed by atoms with van der Waals surface area (Å²) >= 11 is 0. The van der Waals surface area contributed by atoms with E-state index in [0.717, 1.165) is 74.0 Å². The summed E-state index contributed by atoms with van der Waals surface area (Å²) < 4.78 is 7.02. The monoisotopic (exact) mass is 825 g/mol. The maximum Gasteiger partial charge on any atom is 0.312 e. The van der Waals surface area contributed by atoms with Gasteiger partial charge in [-0.1, -0.05) is 114 Å². The standard InChI is InChI=1S/C57H92O3/c1-35(2)14-13-15-37(5)42-18-19-43-41-17-16-38-34-39(22-27-52(38,8)44(41)24-28-53(42,43)9)60-50(59)57-31-23-40(36(3)4)49(57)45-20-21-47-54(10)29-26-48(58)51(6,7)46(54)25-30-56(47,12)55(45,11)32-33-57/h16,35-37,39-47,49H,13-15,17-34H2,1-12H3/t37-,39+,40?,41+,42-,43+,44+,45-,46?,47-,49?,52+,53-,54+,55-,56-,57+/m1/s1. The highest BCUT2D eigenvalue weighted by molar-refractivity contribution is 5.85. The molecule has 3 unspecified atom stereocenters. The van der Waals surface area contributed by atoms with Crippen LogP contribution in [0.25, 0.3) is 0 Å². The van der Waals surface area contributed by atoms with E-state index in [1.807, 2.05) is 0 Å². The lowest BCUT2D eigenvalue weighted by atomic mass is 9.32. The van der Waals surface area contributed by atoms with Crippen molar-refractivity contribution in [3.8, 4) is 0 Å². The van der Waals surface area contributed by atoms with E-state index in [1.165, 1.54) is 96.3 Å². The zero-order valence-corrected chi connectivity index (χ0v) is 41.2. The minimum Gasteiger partial charge on any atom is -0.462 e. The van der Waals surface area contributed by atoms with E-state index in [-0.39, 0.29) is 44.6 Å². The number of hydrogen-bond donors (Lipinski definition) is 0. The number of ether oxygens (including phenoxy) is 1. The molecule has 0 aromatic rings. The number of carbonyl (C=O) groups excluding carboxylic acids is 2. The third-order valence-corrected chi connectivity index (χ3v) is 24.0. The Labute approximate surface area is 369 Å². The fourth-order valence-corrected chi connectivity index (χ4v) is 20.6. The van der Waals surface area contributed by atoms with Crippen LogP contribution in [0.1, 0.15) is 218 Å². The minimum atomic E-state index is -0.311. The van der Waals surface area contributed by atoms with Gasteiger partial charge in [0.15, 0.2) is 0 Å². The summed E-state index contributed by atoms with van der Waals surface area (Å²) in [5.41, 5.74) is 2.64. The van der Waals surface area contributed by atoms with Crippen molar-refractivity contribution in [2.75, 3.05) is 0 Å². The van der Waals surface area contributed by atoms with Gasteiger partial charge in [-0.2, -0.15) is 0 Å². The number of carbonyl (C=O) groups is 2. The minimum absolute atomic E-state index is 0.0482. The molecule has 17 atom stereocenters. The molecule has 0 aromatic heterocycles. The van der Waals surface area contributed by atoms with Crippen LogP contribution in [0.2, 0.25) is 0 Å². The van der Waals surface area contributed by atoms with Gasteiger partial charge in [0.05, 0.1) is 5.41 Å². The third kappa shape index (κ3) is 6.15. The summed E-state index contributed by atoms with van der Waals surface area (Å²) in [5.74, 6) is 9.19. The summed E-state index contributed by atoms with van der Waals surface area (Å²) in [7, 11) is 0. The molecular weight excluding hydrogens is 733 g/mol. The molecule has 0 amide bonds. The SMILES string of the molecule is CC(C)CCC[C@@H](C)[C@H]1CC[C@H]2[C@@H]3CC=C4C[C@@H](OC(=O)[C@]56CCC(C(C)C)C5[C@H]5CC[C@@H]7[C@@]8(C)CCC(=O)C(C)(C)C8CC[C@@]7(C)[C@]5(C)CC6)CC[C@]4(C)[C@H]3CC[C@]12C. The molecule has 3 nitrogen and oxygen atoms in total. The van der Waals surface area contributed by atoms with Crippen molar-refractivity contribution in [3.05, 3.63) is 11.6 Å². The van der Waals surface area contributed by atoms with E-state index in [0.29, 0.717) is 46.7 Å². The van der Waals surface area contributed by atoms with Crippen molar-refractivity contribution in [1.82, 2.24) is 0 Å². The Morgan fingerprint density at radius 2 is 1.45 bits per heavy atom. The Bertz CT molecular complexity index is 1700. The van der Waals surface area contributed by atoms with Gasteiger partial charge in [0.1, 0.15) is 11.9 Å². The molecule has 0 N–H and O–H groups in total. The lowest BCUT2D eigenvalue weighted by Crippen LogP contribution is -2.67. The van der Waals surface area contributed by atoms with E-state index >= 15 is 4.79 Å². The lowest BCUT2D eigenvalue weighted by Gasteiger charge is -2.72. The topological polar surface area (TPSA) is 43.4 Å². The second-order valence-electron chi connectivity index (χ2n) is 27.0. The fraction of sp³-hybridized carbons (Fsp3) is 0.930. The van der Waals surface area contributed by atoms with E-state index in [4.69, 9.17) is 4.74 Å². The fourth-order valence-electron chi connectivity index (χ4n) is 20.6. The number of esters is 1. The Morgan fingerprint density at radius 3 is 2.18 bits per heavy atom. The van der Waals surface area contributed by atoms with Crippen LogP contribution in [0.4, 0.5) is 0 Å². The van der Waals surface area contributed by atoms with Crippen molar-refractivity contribution < 1.29 is 14.3 Å². The van der Waals surface area contributed by atoms with Crippen molar-refractivity contribution in [3.63, 3.8) is 0 Å². The third-order valence-electron chi connectivity index (χ3n) is 24.0. The Balaban J connectivity index is 0.911. The molecule has 9 rings (SSSR count). The van der Waals surface area contributed by atoms with Crippen LogP contribution in [0.5, 0.6) is 0 Å². The van der Waals surface area contributed by atoms with E-state index < -0.39 is 0 Å². The molecule has 9 aliphatic rings. The first-order chi connectivity index (χ1) is 28.2. The molecule has 0 spiro atoms. The number of ketones is 1. The molecule has 0 radical (unpaired) electrons. The summed E-state index contributed by atoms with van der Waals surface area (Å²) in [6.45, 7) is 30.2. The summed E-state index contributed by atoms with van der Waals surface area (Å²) in [6.07, 6.45) is 28.4. The smallest absolute Gasteiger partial charge is 0.312 e. The Hall–Kier alpha value is -1.12. The van der Waals surface area contributed by atoms with Crippen LogP contribution in [0, 0.1) is 109 Å². The van der Waals surface area contributed by atoms with E-state index in [1.54, 1.807) is 5.57 Å². The molecule has 0 aliphatic heterocycles. The van der Waals surface area contributed by atoms with Gasteiger partial charge in [-0.25, -0.2) is 0 Å². The van der Waals surface area contributed by atoms with Gasteiger partial charge < -0.3 is 4.74 Å². The van der Waals surface area contributed by atoms with E-state index in [9.17, 15) is 4.79 Å². The first-order valence-corrected chi connectivity index (χ1v) is 26.6. The molecular formula is C57H92O3. The van der Waals surface area contributed by atoms with Gasteiger partial charge in [0, 0.05) is 18.3 Å². The van der Waals surface area contributed by atoms with Crippen molar-refractivity contribution in [2.45, 2.75) is 224 Å². The highest BCUT2D eigenvalue weighted by Gasteiger charge is 2.72. The van der Waals surface area contributed by atoms with E-state index in [2.05, 4.69) is 89.2 Å². The summed E-state index contributed by atoms with van der Waals surface area (Å²) in [5, 5.41) is 0. The van der Waals surface area contributed by atoms with Gasteiger partial charge in [-0.3, -0.25) is 9.59 Å². The van der Waals surface area contributed by atoms with Gasteiger partial charge >= 0.3 is 5.97 Å². The zero-order chi connectivity index (χ0) is 43.0. The molecule has 0 aromatic carbocycles. The quantitative estimate of drug-likeness (QED) is 0.181. The largest absolute Gasteiger partial charge is 0.462 e. The first-order valence-electron chi connectivity index (χ1n) is 26.6. The maximum atomic E-state index is 15.3. The molecule has 0 heterocycles. The van der Waals surface area contributed by atoms with Crippen LogP contribution < -0.4 is 0 Å². The number of fused-ring (bicyclic) bond motifs is 12. The van der Waals surface area contributed by atoms with Gasteiger partial charge in [-0.05, 0) is 201 Å². The van der Waals surface area contributed by atoms with Crippen LogP contribution in [-0.2, 0) is 14.3 Å². The van der Waals surface area contributed by atoms with Gasteiger partial charge in [0.25, 0.3) is 0 Å². The zero-order valence-electron chi connectivity index (χ0n) is 41.2. The number of rotatable bonds is 8. The maximum absolute atomic E-state index is 15.3. The van der Waals surface area contributed by atoms with Crippen molar-refractivity contribution in [2.24, 2.45) is 109 Å². The normalized spacial score (nSPS) is 51.0. The van der Waals surface area contributed by atoms with Crippen LogP contribution in [0.15, 0.2) is 11.6 Å². The van der Waals surface area contributed by atoms with Crippen molar-refractivity contribution >= 4 is 11.8 Å².